The quantitative estimate of drug-likeness (QED) is 0.445. The highest BCUT2D eigenvalue weighted by atomic mass is 31.2. The van der Waals surface area contributed by atoms with E-state index < -0.39 is 56.0 Å². The van der Waals surface area contributed by atoms with E-state index in [0.717, 1.165) is 4.57 Å². The molecule has 1 aromatic carbocycles. The fraction of sp³-hybridized carbons (Fsp3) is 0.565. The van der Waals surface area contributed by atoms with Crippen molar-refractivity contribution in [2.24, 2.45) is 5.41 Å². The van der Waals surface area contributed by atoms with Gasteiger partial charge < -0.3 is 27.2 Å². The molecule has 37 heavy (non-hydrogen) atoms. The highest BCUT2D eigenvalue weighted by Gasteiger charge is 2.45. The zero-order valence-electron chi connectivity index (χ0n) is 21.4. The Bertz CT molecular complexity index is 1480. The molecule has 2 aliphatic heterocycles. The molecule has 2 aliphatic rings. The van der Waals surface area contributed by atoms with Gasteiger partial charge in [-0.2, -0.15) is 0 Å². The van der Waals surface area contributed by atoms with E-state index in [2.05, 4.69) is 0 Å². The Morgan fingerprint density at radius 2 is 1.11 bits per heavy atom. The Labute approximate surface area is 213 Å². The van der Waals surface area contributed by atoms with Crippen molar-refractivity contribution in [2.75, 3.05) is 26.4 Å². The van der Waals surface area contributed by atoms with Crippen LogP contribution in [0.2, 0.25) is 0 Å². The molecule has 2 aromatic heterocycles. The Hall–Kier alpha value is -2.04. The number of benzene rings is 1. The van der Waals surface area contributed by atoms with Gasteiger partial charge in [0.2, 0.25) is 0 Å². The van der Waals surface area contributed by atoms with Gasteiger partial charge in [0.25, 0.3) is 22.2 Å². The summed E-state index contributed by atoms with van der Waals surface area (Å²) in [7, 11) is -3.54. The Morgan fingerprint density at radius 3 is 1.51 bits per heavy atom. The second kappa shape index (κ2) is 9.02. The van der Waals surface area contributed by atoms with E-state index in [9.17, 15) is 19.2 Å². The summed E-state index contributed by atoms with van der Waals surface area (Å²) >= 11 is 0. The van der Waals surface area contributed by atoms with Crippen LogP contribution in [0.5, 0.6) is 0 Å². The molecule has 1 spiro atoms. The van der Waals surface area contributed by atoms with Gasteiger partial charge in [0.15, 0.2) is 0 Å². The van der Waals surface area contributed by atoms with Gasteiger partial charge in [0, 0.05) is 5.54 Å². The molecule has 0 saturated carbocycles. The summed E-state index contributed by atoms with van der Waals surface area (Å²) in [4.78, 5) is 51.8. The largest absolute Gasteiger partial charge is 0.418 e. The maximum absolute atomic E-state index is 13.0. The average Bonchev–Trinajstić information content (AvgIpc) is 3.19. The lowest BCUT2D eigenvalue weighted by molar-refractivity contribution is -0.0831. The molecule has 14 heteroatoms. The maximum atomic E-state index is 13.0. The molecule has 3 aromatic rings. The molecule has 2 saturated heterocycles. The van der Waals surface area contributed by atoms with E-state index in [1.54, 1.807) is 20.8 Å². The molecule has 0 unspecified atom stereocenters. The first-order valence-corrected chi connectivity index (χ1v) is 13.8. The van der Waals surface area contributed by atoms with Crippen molar-refractivity contribution < 1.29 is 27.2 Å². The number of hydrogen-bond donors (Lipinski definition) is 0. The highest BCUT2D eigenvalue weighted by molar-refractivity contribution is 7.42. The average molecular weight is 554 g/mol. The van der Waals surface area contributed by atoms with E-state index in [1.165, 1.54) is 12.1 Å². The predicted molar refractivity (Wildman–Crippen MR) is 137 cm³/mol. The van der Waals surface area contributed by atoms with Gasteiger partial charge >= 0.3 is 17.2 Å². The van der Waals surface area contributed by atoms with Crippen LogP contribution in [0.25, 0.3) is 21.5 Å². The standard InChI is InChI=1S/C23H28N2O10P2/c1-21(2,3)24-17(26)13-7-15-16(8-14(13)18(24)27)20(29)25(19(15)28)35-37-32-11-23(12-33-37)9-30-36(31-10-23)34-22(4,5)6/h7-8H,9-12H2,1-6H3. The van der Waals surface area contributed by atoms with E-state index in [4.69, 9.17) is 27.2 Å². The van der Waals surface area contributed by atoms with E-state index >= 15 is 0 Å². The van der Waals surface area contributed by atoms with Gasteiger partial charge in [-0.3, -0.25) is 23.7 Å². The molecule has 5 rings (SSSR count). The molecule has 0 bridgehead atoms. The second-order valence-corrected chi connectivity index (χ2v) is 13.6. The van der Waals surface area contributed by atoms with Gasteiger partial charge in [-0.25, -0.2) is 0 Å². The van der Waals surface area contributed by atoms with Crippen molar-refractivity contribution in [2.45, 2.75) is 52.7 Å². The van der Waals surface area contributed by atoms with Gasteiger partial charge in [0.05, 0.1) is 59.0 Å². The number of aromatic nitrogens is 2. The number of fused-ring (bicyclic) bond motifs is 2. The van der Waals surface area contributed by atoms with Crippen molar-refractivity contribution in [1.29, 1.82) is 0 Å². The number of nitrogens with zero attached hydrogens (tertiary/aromatic N) is 2. The Balaban J connectivity index is 1.35. The first-order valence-electron chi connectivity index (χ1n) is 11.6. The minimum Gasteiger partial charge on any atom is -0.328 e. The summed E-state index contributed by atoms with van der Waals surface area (Å²) in [5.41, 5.74) is -4.29. The zero-order valence-corrected chi connectivity index (χ0v) is 23.1. The summed E-state index contributed by atoms with van der Waals surface area (Å²) in [5.74, 6) is 0. The topological polar surface area (TPSA) is 134 Å². The summed E-state index contributed by atoms with van der Waals surface area (Å²) in [5, 5.41) is 0.107. The van der Waals surface area contributed by atoms with Gasteiger partial charge in [-0.1, -0.05) is 4.73 Å². The summed E-state index contributed by atoms with van der Waals surface area (Å²) in [6, 6.07) is 2.55. The molecular formula is C23H28N2O10P2. The fourth-order valence-corrected chi connectivity index (χ4v) is 6.70. The third-order valence-corrected chi connectivity index (χ3v) is 8.28. The normalized spacial score (nSPS) is 25.4. The van der Waals surface area contributed by atoms with Crippen LogP contribution < -0.4 is 26.9 Å². The van der Waals surface area contributed by atoms with Gasteiger partial charge in [-0.15, -0.1) is 0 Å². The Kier molecular flexibility index (Phi) is 6.47. The molecule has 0 radical (unpaired) electrons. The molecule has 4 heterocycles. The van der Waals surface area contributed by atoms with Crippen molar-refractivity contribution >= 4 is 38.7 Å². The summed E-state index contributed by atoms with van der Waals surface area (Å²) in [6.07, 6.45) is 0. The summed E-state index contributed by atoms with van der Waals surface area (Å²) < 4.78 is 35.8. The third-order valence-electron chi connectivity index (χ3n) is 5.93. The lowest BCUT2D eigenvalue weighted by Gasteiger charge is -2.42. The number of hydrogen-bond acceptors (Lipinski definition) is 10. The second-order valence-electron chi connectivity index (χ2n) is 11.3. The van der Waals surface area contributed by atoms with Crippen molar-refractivity contribution in [3.8, 4) is 0 Å². The molecule has 200 valence electrons. The molecule has 0 aliphatic carbocycles. The fourth-order valence-electron chi connectivity index (χ4n) is 4.11. The lowest BCUT2D eigenvalue weighted by atomic mass is 9.93. The van der Waals surface area contributed by atoms with Crippen molar-refractivity contribution in [3.05, 3.63) is 53.5 Å². The third kappa shape index (κ3) is 4.81. The highest BCUT2D eigenvalue weighted by Crippen LogP contribution is 2.53. The maximum Gasteiger partial charge on any atom is 0.418 e. The molecule has 0 atom stereocenters. The van der Waals surface area contributed by atoms with Gasteiger partial charge in [0.1, 0.15) is 0 Å². The minimum atomic E-state index is -2.06. The smallest absolute Gasteiger partial charge is 0.328 e. The van der Waals surface area contributed by atoms with Crippen LogP contribution in [0.3, 0.4) is 0 Å². The first kappa shape index (κ1) is 26.6. The molecule has 2 fully saturated rings. The number of rotatable bonds is 3. The van der Waals surface area contributed by atoms with E-state index in [1.807, 2.05) is 20.8 Å². The lowest BCUT2D eigenvalue weighted by Crippen LogP contribution is -2.46. The molecule has 0 N–H and O–H groups in total. The van der Waals surface area contributed by atoms with E-state index in [-0.39, 0.29) is 34.8 Å². The monoisotopic (exact) mass is 554 g/mol. The van der Waals surface area contributed by atoms with Crippen LogP contribution in [-0.2, 0) is 28.2 Å². The van der Waals surface area contributed by atoms with Crippen LogP contribution in [0.1, 0.15) is 41.5 Å². The SMILES string of the molecule is CC(C)(C)OP1OCC2(COP(On3c(=O)c4cc5c(=O)n(C(C)(C)C)c(=O)c5cc4c3=O)OC2)CO1. The van der Waals surface area contributed by atoms with Crippen LogP contribution in [0.15, 0.2) is 31.3 Å². The molecule has 12 nitrogen and oxygen atoms in total. The van der Waals surface area contributed by atoms with Crippen LogP contribution in [0.4, 0.5) is 0 Å². The molecule has 0 amide bonds. The van der Waals surface area contributed by atoms with Crippen molar-refractivity contribution in [3.63, 3.8) is 0 Å². The first-order chi connectivity index (χ1) is 17.2. The molecular weight excluding hydrogens is 526 g/mol. The zero-order chi connectivity index (χ0) is 26.9. The summed E-state index contributed by atoms with van der Waals surface area (Å²) in [6.45, 7) is 11.8. The van der Waals surface area contributed by atoms with Crippen LogP contribution in [0, 0.1) is 5.41 Å². The van der Waals surface area contributed by atoms with E-state index in [0.29, 0.717) is 17.9 Å². The van der Waals surface area contributed by atoms with Crippen LogP contribution in [-0.4, -0.2) is 41.3 Å². The minimum absolute atomic E-state index is 0.0228. The Morgan fingerprint density at radius 1 is 0.703 bits per heavy atom. The van der Waals surface area contributed by atoms with Crippen molar-refractivity contribution in [1.82, 2.24) is 9.30 Å². The predicted octanol–water partition coefficient (Wildman–Crippen LogP) is 2.44. The van der Waals surface area contributed by atoms with Crippen LogP contribution >= 0.6 is 17.2 Å². The van der Waals surface area contributed by atoms with Gasteiger partial charge in [-0.05, 0) is 53.7 Å².